The third-order valence-corrected chi connectivity index (χ3v) is 8.62. The van der Waals surface area contributed by atoms with Crippen molar-refractivity contribution >= 4 is 17.6 Å². The summed E-state index contributed by atoms with van der Waals surface area (Å²) in [6.07, 6.45) is 8.74. The van der Waals surface area contributed by atoms with E-state index in [0.717, 1.165) is 64.0 Å². The van der Waals surface area contributed by atoms with Gasteiger partial charge in [0.2, 0.25) is 5.95 Å². The Kier molecular flexibility index (Phi) is 4.98. The van der Waals surface area contributed by atoms with E-state index in [2.05, 4.69) is 50.0 Å². The topological polar surface area (TPSA) is 94.0 Å². The molecule has 3 atom stereocenters. The molecule has 0 spiro atoms. The Morgan fingerprint density at radius 1 is 1.21 bits per heavy atom. The van der Waals surface area contributed by atoms with Gasteiger partial charge in [0.15, 0.2) is 0 Å². The lowest BCUT2D eigenvalue weighted by atomic mass is 9.52. The highest BCUT2D eigenvalue weighted by molar-refractivity contribution is 5.99. The Hall–Kier alpha value is -2.48. The number of carbonyl (C=O) groups excluding carboxylic acids is 1. The molecule has 2 unspecified atom stereocenters. The van der Waals surface area contributed by atoms with Crippen molar-refractivity contribution < 1.29 is 9.90 Å². The minimum absolute atomic E-state index is 0.114. The number of aliphatic imine (C=N–C) groups is 1. The Balaban J connectivity index is 1.13. The molecule has 7 rings (SSSR count). The molecular formula is C25H34N6O2. The van der Waals surface area contributed by atoms with Gasteiger partial charge in [-0.25, -0.2) is 9.97 Å². The number of anilines is 1. The van der Waals surface area contributed by atoms with Crippen LogP contribution in [0.15, 0.2) is 29.0 Å². The fraction of sp³-hybridized carbons (Fsp3) is 0.680. The largest absolute Gasteiger partial charge is 0.390 e. The number of piperazine rings is 1. The maximum absolute atomic E-state index is 13.2. The van der Waals surface area contributed by atoms with Crippen LogP contribution < -0.4 is 10.2 Å². The number of hydrogen-bond acceptors (Lipinski definition) is 7. The number of hydrogen-bond donors (Lipinski definition) is 2. The average Bonchev–Trinajstić information content (AvgIpc) is 3.21. The number of nitrogens with zero attached hydrogens (tertiary/aromatic N) is 5. The third kappa shape index (κ3) is 3.72. The van der Waals surface area contributed by atoms with Crippen molar-refractivity contribution in [3.63, 3.8) is 0 Å². The van der Waals surface area contributed by atoms with Crippen molar-refractivity contribution in [2.45, 2.75) is 63.6 Å². The zero-order valence-corrected chi connectivity index (χ0v) is 19.6. The number of aliphatic hydroxyl groups is 1. The third-order valence-electron chi connectivity index (χ3n) is 8.62. The summed E-state index contributed by atoms with van der Waals surface area (Å²) in [5, 5.41) is 14.1. The van der Waals surface area contributed by atoms with Gasteiger partial charge < -0.3 is 20.2 Å². The summed E-state index contributed by atoms with van der Waals surface area (Å²) in [5.74, 6) is 1.91. The molecule has 8 nitrogen and oxygen atoms in total. The molecule has 4 bridgehead atoms. The molecule has 2 N–H and O–H groups in total. The highest BCUT2D eigenvalue weighted by Crippen LogP contribution is 2.55. The van der Waals surface area contributed by atoms with Gasteiger partial charge in [-0.3, -0.25) is 9.79 Å². The molecule has 1 amide bonds. The van der Waals surface area contributed by atoms with Crippen LogP contribution in [0.2, 0.25) is 0 Å². The molecule has 6 aliphatic rings. The summed E-state index contributed by atoms with van der Waals surface area (Å²) < 4.78 is 0. The molecule has 5 fully saturated rings. The van der Waals surface area contributed by atoms with Gasteiger partial charge in [0.05, 0.1) is 23.6 Å². The molecule has 1 aromatic heterocycles. The van der Waals surface area contributed by atoms with Gasteiger partial charge in [-0.2, -0.15) is 0 Å². The predicted octanol–water partition coefficient (Wildman–Crippen LogP) is 2.01. The highest BCUT2D eigenvalue weighted by Gasteiger charge is 2.55. The van der Waals surface area contributed by atoms with Crippen molar-refractivity contribution in [2.75, 3.05) is 31.1 Å². The van der Waals surface area contributed by atoms with Gasteiger partial charge in [0, 0.05) is 37.9 Å². The molecule has 176 valence electrons. The van der Waals surface area contributed by atoms with E-state index in [1.165, 1.54) is 5.70 Å². The van der Waals surface area contributed by atoms with E-state index in [9.17, 15) is 9.90 Å². The number of rotatable bonds is 4. The van der Waals surface area contributed by atoms with Crippen LogP contribution in [0.3, 0.4) is 0 Å². The van der Waals surface area contributed by atoms with Crippen LogP contribution in [0.1, 0.15) is 56.4 Å². The lowest BCUT2D eigenvalue weighted by Gasteiger charge is -2.58. The molecule has 1 aromatic rings. The van der Waals surface area contributed by atoms with Crippen molar-refractivity contribution in [1.82, 2.24) is 20.2 Å². The number of nitrogens with one attached hydrogen (secondary N) is 1. The Morgan fingerprint density at radius 2 is 2.00 bits per heavy atom. The van der Waals surface area contributed by atoms with Crippen molar-refractivity contribution in [2.24, 2.45) is 22.7 Å². The first-order valence-electron chi connectivity index (χ1n) is 12.5. The minimum Gasteiger partial charge on any atom is -0.390 e. The van der Waals surface area contributed by atoms with Crippen LogP contribution in [0.25, 0.3) is 0 Å². The molecule has 4 aliphatic carbocycles. The molecule has 0 radical (unpaired) electrons. The number of carbonyl (C=O) groups is 1. The van der Waals surface area contributed by atoms with Crippen LogP contribution in [0.5, 0.6) is 0 Å². The fourth-order valence-electron chi connectivity index (χ4n) is 7.38. The first-order chi connectivity index (χ1) is 15.9. The van der Waals surface area contributed by atoms with Crippen LogP contribution in [-0.2, 0) is 0 Å². The summed E-state index contributed by atoms with van der Waals surface area (Å²) in [7, 11) is 0. The van der Waals surface area contributed by atoms with Gasteiger partial charge >= 0.3 is 0 Å². The first-order valence-corrected chi connectivity index (χ1v) is 12.5. The summed E-state index contributed by atoms with van der Waals surface area (Å²) >= 11 is 0. The van der Waals surface area contributed by atoms with Gasteiger partial charge in [-0.1, -0.05) is 0 Å². The van der Waals surface area contributed by atoms with E-state index in [1.807, 2.05) is 0 Å². The maximum Gasteiger partial charge on any atom is 0.270 e. The van der Waals surface area contributed by atoms with Gasteiger partial charge in [0.25, 0.3) is 5.91 Å². The fourth-order valence-corrected chi connectivity index (χ4v) is 7.38. The Morgan fingerprint density at radius 3 is 2.67 bits per heavy atom. The molecule has 4 saturated carbocycles. The maximum atomic E-state index is 13.2. The van der Waals surface area contributed by atoms with Crippen LogP contribution in [0, 0.1) is 17.8 Å². The zero-order chi connectivity index (χ0) is 22.7. The monoisotopic (exact) mass is 450 g/mol. The standard InChI is InChI=1S/C25H34N6O2/c1-15-14-30(21-4-6-26-16(21)2)7-8-31(15)24-27-5-3-20(28-24)23(32)29-22-18-9-17-10-19(22)13-25(33,11-17)12-18/h3-5,15,17-19,22,33H,6-14H2,1-2H3,(H,29,32)/t15-,17?,18?,19?,22?,25?/m1/s1. The summed E-state index contributed by atoms with van der Waals surface area (Å²) in [4.78, 5) is 31.5. The average molecular weight is 451 g/mol. The summed E-state index contributed by atoms with van der Waals surface area (Å²) in [5.41, 5.74) is 2.30. The Labute approximate surface area is 195 Å². The van der Waals surface area contributed by atoms with E-state index in [4.69, 9.17) is 0 Å². The lowest BCUT2D eigenvalue weighted by Crippen LogP contribution is -2.61. The SMILES string of the molecule is CC1=NCC=C1N1CCN(c2nccc(C(=O)NC3C4CC5CC3CC(O)(C5)C4)n2)[C@H](C)C1. The lowest BCUT2D eigenvalue weighted by molar-refractivity contribution is -0.136. The molecular weight excluding hydrogens is 416 g/mol. The van der Waals surface area contributed by atoms with E-state index >= 15 is 0 Å². The van der Waals surface area contributed by atoms with Gasteiger partial charge in [0.1, 0.15) is 5.69 Å². The van der Waals surface area contributed by atoms with E-state index < -0.39 is 5.60 Å². The molecule has 3 heterocycles. The number of aromatic nitrogens is 2. The second-order valence-electron chi connectivity index (χ2n) is 10.9. The molecule has 1 saturated heterocycles. The minimum atomic E-state index is -0.489. The van der Waals surface area contributed by atoms with E-state index in [-0.39, 0.29) is 18.0 Å². The number of amides is 1. The molecule has 33 heavy (non-hydrogen) atoms. The molecule has 0 aromatic carbocycles. The second kappa shape index (κ2) is 7.79. The quantitative estimate of drug-likeness (QED) is 0.729. The van der Waals surface area contributed by atoms with Crippen molar-refractivity contribution in [1.29, 1.82) is 0 Å². The number of allylic oxidation sites excluding steroid dienone is 1. The smallest absolute Gasteiger partial charge is 0.270 e. The van der Waals surface area contributed by atoms with Gasteiger partial charge in [-0.15, -0.1) is 0 Å². The zero-order valence-electron chi connectivity index (χ0n) is 19.6. The predicted molar refractivity (Wildman–Crippen MR) is 126 cm³/mol. The van der Waals surface area contributed by atoms with E-state index in [0.29, 0.717) is 29.4 Å². The van der Waals surface area contributed by atoms with Crippen molar-refractivity contribution in [3.05, 3.63) is 29.7 Å². The summed E-state index contributed by atoms with van der Waals surface area (Å²) in [6, 6.07) is 2.10. The van der Waals surface area contributed by atoms with Gasteiger partial charge in [-0.05, 0) is 75.8 Å². The Bertz CT molecular complexity index is 1010. The first kappa shape index (κ1) is 21.1. The second-order valence-corrected chi connectivity index (χ2v) is 10.9. The summed E-state index contributed by atoms with van der Waals surface area (Å²) in [6.45, 7) is 7.61. The molecule has 8 heteroatoms. The van der Waals surface area contributed by atoms with Crippen molar-refractivity contribution in [3.8, 4) is 0 Å². The van der Waals surface area contributed by atoms with Crippen LogP contribution in [0.4, 0.5) is 5.95 Å². The van der Waals surface area contributed by atoms with Crippen LogP contribution in [-0.4, -0.2) is 75.5 Å². The normalized spacial score (nSPS) is 37.2. The highest BCUT2D eigenvalue weighted by atomic mass is 16.3. The molecule has 2 aliphatic heterocycles. The van der Waals surface area contributed by atoms with E-state index in [1.54, 1.807) is 12.3 Å². The van der Waals surface area contributed by atoms with Crippen LogP contribution >= 0.6 is 0 Å².